The van der Waals surface area contributed by atoms with Crippen LogP contribution in [0.25, 0.3) is 0 Å². The fourth-order valence-corrected chi connectivity index (χ4v) is 0.801. The summed E-state index contributed by atoms with van der Waals surface area (Å²) in [6, 6.07) is 8.53. The van der Waals surface area contributed by atoms with Crippen molar-refractivity contribution in [1.29, 1.82) is 0 Å². The Labute approximate surface area is 82.0 Å². The summed E-state index contributed by atoms with van der Waals surface area (Å²) >= 11 is 0. The van der Waals surface area contributed by atoms with Crippen LogP contribution < -0.4 is 4.74 Å². The third-order valence-electron chi connectivity index (χ3n) is 1.63. The summed E-state index contributed by atoms with van der Waals surface area (Å²) in [6.45, 7) is 4.60. The summed E-state index contributed by atoms with van der Waals surface area (Å²) in [5.41, 5.74) is -0.145. The fraction of sp³-hybridized carbons (Fsp3) is 0.0909. The van der Waals surface area contributed by atoms with Gasteiger partial charge in [0.25, 0.3) is 0 Å². The SMILES string of the molecule is C=C(C(C)=O)C(=O)Oc1ccccc1. The van der Waals surface area contributed by atoms with E-state index in [1.54, 1.807) is 30.3 Å². The van der Waals surface area contributed by atoms with Gasteiger partial charge in [-0.05, 0) is 19.1 Å². The molecule has 0 fully saturated rings. The van der Waals surface area contributed by atoms with Crippen LogP contribution in [0, 0.1) is 0 Å². The van der Waals surface area contributed by atoms with E-state index in [0.717, 1.165) is 0 Å². The van der Waals surface area contributed by atoms with Gasteiger partial charge >= 0.3 is 5.97 Å². The molecule has 3 heteroatoms. The fourth-order valence-electron chi connectivity index (χ4n) is 0.801. The van der Waals surface area contributed by atoms with Crippen LogP contribution in [0.4, 0.5) is 0 Å². The summed E-state index contributed by atoms with van der Waals surface area (Å²) in [7, 11) is 0. The Balaban J connectivity index is 2.67. The molecule has 0 N–H and O–H groups in total. The van der Waals surface area contributed by atoms with Crippen LogP contribution in [0.1, 0.15) is 6.92 Å². The minimum atomic E-state index is -0.705. The van der Waals surface area contributed by atoms with E-state index in [1.165, 1.54) is 6.92 Å². The van der Waals surface area contributed by atoms with Crippen molar-refractivity contribution in [2.75, 3.05) is 0 Å². The molecule has 14 heavy (non-hydrogen) atoms. The molecular formula is C11H10O3. The standard InChI is InChI=1S/C11H10O3/c1-8(9(2)12)11(13)14-10-6-4-3-5-7-10/h3-7H,1H2,2H3. The van der Waals surface area contributed by atoms with E-state index in [2.05, 4.69) is 6.58 Å². The number of ketones is 1. The van der Waals surface area contributed by atoms with Crippen LogP contribution in [0.2, 0.25) is 0 Å². The molecule has 0 unspecified atom stereocenters. The number of rotatable bonds is 3. The van der Waals surface area contributed by atoms with Gasteiger partial charge in [0.2, 0.25) is 0 Å². The monoisotopic (exact) mass is 190 g/mol. The average molecular weight is 190 g/mol. The van der Waals surface area contributed by atoms with Crippen molar-refractivity contribution in [2.45, 2.75) is 6.92 Å². The quantitative estimate of drug-likeness (QED) is 0.240. The lowest BCUT2D eigenvalue weighted by atomic mass is 10.2. The highest BCUT2D eigenvalue weighted by molar-refractivity contribution is 6.16. The molecule has 0 heterocycles. The molecule has 0 aliphatic rings. The lowest BCUT2D eigenvalue weighted by Crippen LogP contribution is -2.15. The van der Waals surface area contributed by atoms with Gasteiger partial charge in [-0.15, -0.1) is 0 Å². The molecule has 0 spiro atoms. The van der Waals surface area contributed by atoms with Crippen LogP contribution >= 0.6 is 0 Å². The summed E-state index contributed by atoms with van der Waals surface area (Å²) in [4.78, 5) is 22.0. The van der Waals surface area contributed by atoms with Gasteiger partial charge in [0, 0.05) is 0 Å². The number of hydrogen-bond acceptors (Lipinski definition) is 3. The molecule has 0 radical (unpaired) electrons. The van der Waals surface area contributed by atoms with Crippen LogP contribution in [0.3, 0.4) is 0 Å². The first-order chi connectivity index (χ1) is 6.61. The Bertz CT molecular complexity index is 365. The van der Waals surface area contributed by atoms with Crippen molar-refractivity contribution in [2.24, 2.45) is 0 Å². The molecule has 0 saturated heterocycles. The first kappa shape index (κ1) is 10.2. The van der Waals surface area contributed by atoms with E-state index in [-0.39, 0.29) is 11.4 Å². The van der Waals surface area contributed by atoms with Gasteiger partial charge in [-0.25, -0.2) is 4.79 Å². The van der Waals surface area contributed by atoms with Crippen molar-refractivity contribution < 1.29 is 14.3 Å². The third kappa shape index (κ3) is 2.55. The maximum Gasteiger partial charge on any atom is 0.346 e. The van der Waals surface area contributed by atoms with Gasteiger partial charge in [-0.1, -0.05) is 24.8 Å². The number of carbonyl (C=O) groups excluding carboxylic acids is 2. The number of hydrogen-bond donors (Lipinski definition) is 0. The number of esters is 1. The van der Waals surface area contributed by atoms with Crippen LogP contribution in [-0.4, -0.2) is 11.8 Å². The van der Waals surface area contributed by atoms with Gasteiger partial charge in [-0.3, -0.25) is 4.79 Å². The zero-order chi connectivity index (χ0) is 10.6. The second kappa shape index (κ2) is 4.37. The molecule has 1 aromatic rings. The molecule has 0 aromatic heterocycles. The molecule has 0 bridgehead atoms. The Morgan fingerprint density at radius 1 is 1.21 bits per heavy atom. The molecule has 0 aliphatic heterocycles. The molecule has 0 saturated carbocycles. The largest absolute Gasteiger partial charge is 0.423 e. The van der Waals surface area contributed by atoms with Crippen molar-refractivity contribution in [3.8, 4) is 5.75 Å². The zero-order valence-corrected chi connectivity index (χ0v) is 7.82. The first-order valence-corrected chi connectivity index (χ1v) is 4.08. The first-order valence-electron chi connectivity index (χ1n) is 4.08. The molecule has 1 rings (SSSR count). The van der Waals surface area contributed by atoms with Gasteiger partial charge < -0.3 is 4.74 Å². The highest BCUT2D eigenvalue weighted by Gasteiger charge is 2.13. The maximum absolute atomic E-state index is 11.2. The molecule has 0 atom stereocenters. The van der Waals surface area contributed by atoms with Gasteiger partial charge in [0.1, 0.15) is 5.75 Å². The number of Topliss-reactive ketones (excluding diaryl/α,β-unsaturated/α-hetero) is 1. The second-order valence-electron chi connectivity index (χ2n) is 2.74. The predicted molar refractivity (Wildman–Crippen MR) is 51.9 cm³/mol. The molecule has 1 aromatic carbocycles. The van der Waals surface area contributed by atoms with Crippen molar-refractivity contribution in [3.05, 3.63) is 42.5 Å². The van der Waals surface area contributed by atoms with E-state index < -0.39 is 5.97 Å². The van der Waals surface area contributed by atoms with Crippen molar-refractivity contribution in [1.82, 2.24) is 0 Å². The lowest BCUT2D eigenvalue weighted by molar-refractivity contribution is -0.132. The van der Waals surface area contributed by atoms with Gasteiger partial charge in [-0.2, -0.15) is 0 Å². The summed E-state index contributed by atoms with van der Waals surface area (Å²) in [5.74, 6) is -0.686. The summed E-state index contributed by atoms with van der Waals surface area (Å²) in [5, 5.41) is 0. The van der Waals surface area contributed by atoms with E-state index in [4.69, 9.17) is 4.74 Å². The second-order valence-corrected chi connectivity index (χ2v) is 2.74. The predicted octanol–water partition coefficient (Wildman–Crippen LogP) is 1.74. The van der Waals surface area contributed by atoms with E-state index in [0.29, 0.717) is 5.75 Å². The lowest BCUT2D eigenvalue weighted by Gasteiger charge is -2.03. The third-order valence-corrected chi connectivity index (χ3v) is 1.63. The Hall–Kier alpha value is -1.90. The minimum Gasteiger partial charge on any atom is -0.423 e. The van der Waals surface area contributed by atoms with Gasteiger partial charge in [0.05, 0.1) is 5.57 Å². The molecule has 0 amide bonds. The minimum absolute atomic E-state index is 0.145. The van der Waals surface area contributed by atoms with E-state index in [9.17, 15) is 9.59 Å². The van der Waals surface area contributed by atoms with Crippen molar-refractivity contribution >= 4 is 11.8 Å². The average Bonchev–Trinajstić information content (AvgIpc) is 2.18. The van der Waals surface area contributed by atoms with Crippen LogP contribution in [0.15, 0.2) is 42.5 Å². The molecule has 72 valence electrons. The summed E-state index contributed by atoms with van der Waals surface area (Å²) < 4.78 is 4.88. The Morgan fingerprint density at radius 3 is 2.29 bits per heavy atom. The maximum atomic E-state index is 11.2. The van der Waals surface area contributed by atoms with Crippen LogP contribution in [-0.2, 0) is 9.59 Å². The highest BCUT2D eigenvalue weighted by Crippen LogP contribution is 2.10. The molecule has 3 nitrogen and oxygen atoms in total. The van der Waals surface area contributed by atoms with Crippen LogP contribution in [0.5, 0.6) is 5.75 Å². The highest BCUT2D eigenvalue weighted by atomic mass is 16.5. The van der Waals surface area contributed by atoms with E-state index >= 15 is 0 Å². The number of ether oxygens (including phenoxy) is 1. The smallest absolute Gasteiger partial charge is 0.346 e. The zero-order valence-electron chi connectivity index (χ0n) is 7.82. The van der Waals surface area contributed by atoms with E-state index in [1.807, 2.05) is 0 Å². The normalized spacial score (nSPS) is 9.21. The number of carbonyl (C=O) groups is 2. The number of benzene rings is 1. The Morgan fingerprint density at radius 2 is 1.79 bits per heavy atom. The summed E-state index contributed by atoms with van der Waals surface area (Å²) in [6.07, 6.45) is 0. The van der Waals surface area contributed by atoms with Gasteiger partial charge in [0.15, 0.2) is 5.78 Å². The number of para-hydroxylation sites is 1. The Kier molecular flexibility index (Phi) is 3.18. The van der Waals surface area contributed by atoms with Crippen molar-refractivity contribution in [3.63, 3.8) is 0 Å². The molecular weight excluding hydrogens is 180 g/mol. The topological polar surface area (TPSA) is 43.4 Å². The molecule has 0 aliphatic carbocycles.